The van der Waals surface area contributed by atoms with E-state index in [1.165, 1.54) is 12.3 Å². The van der Waals surface area contributed by atoms with E-state index in [-0.39, 0.29) is 17.2 Å². The maximum atomic E-state index is 13.1. The number of halogens is 3. The Labute approximate surface area is 225 Å². The van der Waals surface area contributed by atoms with Crippen molar-refractivity contribution in [2.24, 2.45) is 10.9 Å². The second kappa shape index (κ2) is 11.4. The molecule has 1 unspecified atom stereocenters. The molecular weight excluding hydrogens is 553 g/mol. The number of benzene rings is 3. The summed E-state index contributed by atoms with van der Waals surface area (Å²) in [4.78, 5) is 23.2. The minimum Gasteiger partial charge on any atom is -0.475 e. The lowest BCUT2D eigenvalue weighted by Gasteiger charge is -2.17. The van der Waals surface area contributed by atoms with Crippen LogP contribution in [0.3, 0.4) is 0 Å². The van der Waals surface area contributed by atoms with E-state index in [1.807, 2.05) is 48.5 Å². The molecule has 0 radical (unpaired) electrons. The molecule has 4 aromatic rings. The number of nitrogens with zero attached hydrogens (tertiary/aromatic N) is 2. The standard InChI is InChI=1S/C24H22N4O4S.C2HF3O2/c25-26-13-16-4-3-5-17(10-16)14-28-15-18(11-24(28)29)27-33(30,31)19-8-9-23-21(12-19)20-6-1-2-7-22(20)32-23;3-2(4,5)1(6)7/h1-10,12-13,18,27H,11,14-15,25H2;(H,6,7). The van der Waals surface area contributed by atoms with Crippen LogP contribution in [0.25, 0.3) is 21.9 Å². The zero-order valence-corrected chi connectivity index (χ0v) is 21.4. The summed E-state index contributed by atoms with van der Waals surface area (Å²) in [6.45, 7) is 0.681. The Morgan fingerprint density at radius 3 is 2.50 bits per heavy atom. The molecule has 1 amide bonds. The number of rotatable bonds is 6. The van der Waals surface area contributed by atoms with Crippen molar-refractivity contribution in [2.45, 2.75) is 30.1 Å². The number of para-hydroxylation sites is 1. The van der Waals surface area contributed by atoms with E-state index in [0.29, 0.717) is 24.3 Å². The number of amides is 1. The molecule has 14 heteroatoms. The second-order valence-corrected chi connectivity index (χ2v) is 10.6. The first-order chi connectivity index (χ1) is 18.9. The first kappa shape index (κ1) is 28.6. The highest BCUT2D eigenvalue weighted by atomic mass is 32.2. The number of carbonyl (C=O) groups is 2. The zero-order valence-electron chi connectivity index (χ0n) is 20.6. The quantitative estimate of drug-likeness (QED) is 0.180. The van der Waals surface area contributed by atoms with Gasteiger partial charge in [0.15, 0.2) is 0 Å². The highest BCUT2D eigenvalue weighted by molar-refractivity contribution is 7.89. The molecule has 0 saturated carbocycles. The molecule has 1 aromatic heterocycles. The minimum absolute atomic E-state index is 0.100. The van der Waals surface area contributed by atoms with Gasteiger partial charge >= 0.3 is 12.1 Å². The summed E-state index contributed by atoms with van der Waals surface area (Å²) < 4.78 is 66.4. The van der Waals surface area contributed by atoms with Gasteiger partial charge in [-0.25, -0.2) is 17.9 Å². The van der Waals surface area contributed by atoms with E-state index in [0.717, 1.165) is 21.9 Å². The number of hydrazone groups is 1. The van der Waals surface area contributed by atoms with Crippen molar-refractivity contribution in [3.63, 3.8) is 0 Å². The lowest BCUT2D eigenvalue weighted by atomic mass is 10.1. The summed E-state index contributed by atoms with van der Waals surface area (Å²) in [5, 5.41) is 12.2. The number of carboxylic acids is 1. The van der Waals surface area contributed by atoms with Crippen LogP contribution in [0, 0.1) is 0 Å². The number of hydrogen-bond acceptors (Lipinski definition) is 7. The lowest BCUT2D eigenvalue weighted by molar-refractivity contribution is -0.192. The van der Waals surface area contributed by atoms with Crippen LogP contribution in [0.1, 0.15) is 17.5 Å². The van der Waals surface area contributed by atoms with E-state index in [4.69, 9.17) is 20.2 Å². The van der Waals surface area contributed by atoms with Gasteiger partial charge in [0.05, 0.1) is 11.1 Å². The van der Waals surface area contributed by atoms with Gasteiger partial charge in [-0.1, -0.05) is 36.4 Å². The van der Waals surface area contributed by atoms with Gasteiger partial charge in [-0.05, 0) is 41.5 Å². The molecule has 210 valence electrons. The molecule has 1 aliphatic heterocycles. The van der Waals surface area contributed by atoms with E-state index >= 15 is 0 Å². The predicted molar refractivity (Wildman–Crippen MR) is 140 cm³/mol. The molecule has 1 aliphatic rings. The van der Waals surface area contributed by atoms with Crippen LogP contribution in [-0.2, 0) is 26.2 Å². The average molecular weight is 577 g/mol. The van der Waals surface area contributed by atoms with Crippen molar-refractivity contribution in [1.29, 1.82) is 0 Å². The topological polar surface area (TPSA) is 155 Å². The van der Waals surface area contributed by atoms with Crippen molar-refractivity contribution in [3.05, 3.63) is 77.9 Å². The van der Waals surface area contributed by atoms with Crippen molar-refractivity contribution < 1.29 is 40.7 Å². The molecule has 1 atom stereocenters. The van der Waals surface area contributed by atoms with Gasteiger partial charge in [0.25, 0.3) is 0 Å². The SMILES string of the molecule is NN=Cc1cccc(CN2CC(NS(=O)(=O)c3ccc4oc5ccccc5c4c3)CC2=O)c1.O=C(O)C(F)(F)F. The number of hydrogen-bond donors (Lipinski definition) is 3. The summed E-state index contributed by atoms with van der Waals surface area (Å²) >= 11 is 0. The molecule has 4 N–H and O–H groups in total. The van der Waals surface area contributed by atoms with Crippen LogP contribution in [0.15, 0.2) is 81.1 Å². The molecule has 1 saturated heterocycles. The Morgan fingerprint density at radius 1 is 1.10 bits per heavy atom. The van der Waals surface area contributed by atoms with E-state index in [9.17, 15) is 26.4 Å². The number of fused-ring (bicyclic) bond motifs is 3. The Hall–Kier alpha value is -4.43. The normalized spacial score (nSPS) is 16.0. The van der Waals surface area contributed by atoms with Gasteiger partial charge in [0.2, 0.25) is 15.9 Å². The van der Waals surface area contributed by atoms with Crippen molar-refractivity contribution >= 4 is 50.1 Å². The number of carboxylic acid groups (broad SMARTS) is 1. The highest BCUT2D eigenvalue weighted by Crippen LogP contribution is 2.30. The van der Waals surface area contributed by atoms with E-state index in [2.05, 4.69) is 9.82 Å². The Kier molecular flexibility index (Phi) is 8.11. The smallest absolute Gasteiger partial charge is 0.475 e. The number of nitrogens with two attached hydrogens (primary N) is 1. The fraction of sp³-hybridized carbons (Fsp3) is 0.192. The molecule has 10 nitrogen and oxygen atoms in total. The van der Waals surface area contributed by atoms with Crippen LogP contribution < -0.4 is 10.6 Å². The molecule has 40 heavy (non-hydrogen) atoms. The number of aliphatic carboxylic acids is 1. The number of alkyl halides is 3. The molecule has 0 aliphatic carbocycles. The summed E-state index contributed by atoms with van der Waals surface area (Å²) in [5.74, 6) is 2.35. The molecule has 0 spiro atoms. The fourth-order valence-corrected chi connectivity index (χ4v) is 5.49. The van der Waals surface area contributed by atoms with Crippen LogP contribution in [0.5, 0.6) is 0 Å². The van der Waals surface area contributed by atoms with Crippen molar-refractivity contribution in [1.82, 2.24) is 9.62 Å². The largest absolute Gasteiger partial charge is 0.490 e. The van der Waals surface area contributed by atoms with Gasteiger partial charge in [-0.3, -0.25) is 4.79 Å². The molecule has 3 aromatic carbocycles. The monoisotopic (exact) mass is 576 g/mol. The molecule has 5 rings (SSSR count). The minimum atomic E-state index is -5.08. The predicted octanol–water partition coefficient (Wildman–Crippen LogP) is 3.59. The summed E-state index contributed by atoms with van der Waals surface area (Å²) in [6, 6.07) is 19.3. The fourth-order valence-electron chi connectivity index (χ4n) is 4.24. The number of likely N-dealkylation sites (tertiary alicyclic amines) is 1. The third kappa shape index (κ3) is 6.58. The van der Waals surface area contributed by atoms with Crippen LogP contribution in [0.4, 0.5) is 13.2 Å². The first-order valence-electron chi connectivity index (χ1n) is 11.7. The average Bonchev–Trinajstić information content (AvgIpc) is 3.42. The summed E-state index contributed by atoms with van der Waals surface area (Å²) in [5.41, 5.74) is 3.08. The third-order valence-corrected chi connectivity index (χ3v) is 7.50. The maximum absolute atomic E-state index is 13.1. The molecule has 0 bridgehead atoms. The van der Waals surface area contributed by atoms with Crippen LogP contribution in [0.2, 0.25) is 0 Å². The number of furan rings is 1. The van der Waals surface area contributed by atoms with Crippen LogP contribution in [-0.4, -0.2) is 55.3 Å². The second-order valence-electron chi connectivity index (χ2n) is 8.88. The lowest BCUT2D eigenvalue weighted by Crippen LogP contribution is -2.37. The Morgan fingerprint density at radius 2 is 1.80 bits per heavy atom. The Balaban J connectivity index is 0.000000470. The number of sulfonamides is 1. The molecule has 1 fully saturated rings. The van der Waals surface area contributed by atoms with Gasteiger partial charge in [0, 0.05) is 36.3 Å². The van der Waals surface area contributed by atoms with Gasteiger partial charge < -0.3 is 20.3 Å². The Bertz CT molecular complexity index is 1700. The van der Waals surface area contributed by atoms with Crippen molar-refractivity contribution in [3.8, 4) is 0 Å². The van der Waals surface area contributed by atoms with Crippen molar-refractivity contribution in [2.75, 3.05) is 6.54 Å². The van der Waals surface area contributed by atoms with Gasteiger partial charge in [0.1, 0.15) is 11.2 Å². The maximum Gasteiger partial charge on any atom is 0.490 e. The van der Waals surface area contributed by atoms with Gasteiger partial charge in [-0.2, -0.15) is 18.3 Å². The van der Waals surface area contributed by atoms with E-state index < -0.39 is 28.2 Å². The highest BCUT2D eigenvalue weighted by Gasteiger charge is 2.38. The van der Waals surface area contributed by atoms with E-state index in [1.54, 1.807) is 17.0 Å². The zero-order chi connectivity index (χ0) is 29.1. The summed E-state index contributed by atoms with van der Waals surface area (Å²) in [7, 11) is -3.82. The number of carbonyl (C=O) groups excluding carboxylic acids is 1. The molecule has 2 heterocycles. The third-order valence-electron chi connectivity index (χ3n) is 5.99. The first-order valence-corrected chi connectivity index (χ1v) is 13.2. The number of nitrogens with one attached hydrogen (secondary N) is 1. The van der Waals surface area contributed by atoms with Crippen LogP contribution >= 0.6 is 0 Å². The molecular formula is C26H23F3N4O6S. The van der Waals surface area contributed by atoms with Gasteiger partial charge in [-0.15, -0.1) is 0 Å². The summed E-state index contributed by atoms with van der Waals surface area (Å²) in [6.07, 6.45) is -3.44.